The molecule has 4 heterocycles. The van der Waals surface area contributed by atoms with Crippen molar-refractivity contribution < 1.29 is 4.42 Å². The number of rotatable bonds is 6. The van der Waals surface area contributed by atoms with Crippen LogP contribution in [0.1, 0.15) is 17.0 Å². The van der Waals surface area contributed by atoms with Gasteiger partial charge in [0.05, 0.1) is 18.5 Å². The maximum atomic E-state index is 5.57. The molecule has 0 amide bonds. The van der Waals surface area contributed by atoms with Crippen LogP contribution in [0, 0.1) is 6.92 Å². The lowest BCUT2D eigenvalue weighted by Gasteiger charge is -2.08. The summed E-state index contributed by atoms with van der Waals surface area (Å²) in [5.74, 6) is 2.41. The molecule has 0 spiro atoms. The van der Waals surface area contributed by atoms with Gasteiger partial charge in [0, 0.05) is 23.7 Å². The fraction of sp³-hybridized carbons (Fsp3) is 0.136. The van der Waals surface area contributed by atoms with Crippen molar-refractivity contribution in [3.05, 3.63) is 90.3 Å². The number of thioether (sulfide) groups is 1. The zero-order chi connectivity index (χ0) is 19.6. The summed E-state index contributed by atoms with van der Waals surface area (Å²) >= 11 is 1.63. The van der Waals surface area contributed by atoms with Crippen molar-refractivity contribution in [2.45, 2.75) is 24.4 Å². The second-order valence-corrected chi connectivity index (χ2v) is 7.72. The van der Waals surface area contributed by atoms with Crippen molar-refractivity contribution in [1.82, 2.24) is 24.1 Å². The van der Waals surface area contributed by atoms with E-state index in [2.05, 4.69) is 38.4 Å². The minimum Gasteiger partial charge on any atom is -0.467 e. The number of nitrogens with zero attached hydrogens (tertiary/aromatic N) is 5. The molecular weight excluding hydrogens is 382 g/mol. The molecule has 1 aromatic carbocycles. The summed E-state index contributed by atoms with van der Waals surface area (Å²) in [6, 6.07) is 18.1. The van der Waals surface area contributed by atoms with E-state index in [0.29, 0.717) is 12.3 Å². The van der Waals surface area contributed by atoms with E-state index < -0.39 is 0 Å². The van der Waals surface area contributed by atoms with Crippen molar-refractivity contribution in [2.75, 3.05) is 0 Å². The summed E-state index contributed by atoms with van der Waals surface area (Å²) in [5.41, 5.74) is 4.20. The third-order valence-corrected chi connectivity index (χ3v) is 5.72. The first kappa shape index (κ1) is 17.8. The zero-order valence-corrected chi connectivity index (χ0v) is 16.7. The first-order chi connectivity index (χ1) is 14.3. The van der Waals surface area contributed by atoms with E-state index in [1.807, 2.05) is 54.7 Å². The van der Waals surface area contributed by atoms with E-state index in [1.165, 1.54) is 0 Å². The fourth-order valence-electron chi connectivity index (χ4n) is 3.31. The van der Waals surface area contributed by atoms with E-state index in [4.69, 9.17) is 9.40 Å². The Morgan fingerprint density at radius 3 is 2.69 bits per heavy atom. The second kappa shape index (κ2) is 7.60. The lowest BCUT2D eigenvalue weighted by Crippen LogP contribution is -2.03. The summed E-state index contributed by atoms with van der Waals surface area (Å²) in [7, 11) is 0. The molecule has 144 valence electrons. The number of benzene rings is 1. The SMILES string of the molecule is Cc1cccn2cc(CSc3nnc(-c4ccccc4)n3Cc3ccco3)nc12. The molecule has 0 saturated heterocycles. The lowest BCUT2D eigenvalue weighted by atomic mass is 10.2. The Morgan fingerprint density at radius 2 is 1.90 bits per heavy atom. The third kappa shape index (κ3) is 3.56. The van der Waals surface area contributed by atoms with Crippen LogP contribution in [0.4, 0.5) is 0 Å². The van der Waals surface area contributed by atoms with Gasteiger partial charge in [-0.25, -0.2) is 4.98 Å². The number of furan rings is 1. The Morgan fingerprint density at radius 1 is 1.00 bits per heavy atom. The molecule has 0 aliphatic carbocycles. The maximum absolute atomic E-state index is 5.57. The van der Waals surface area contributed by atoms with Gasteiger partial charge in [0.1, 0.15) is 11.4 Å². The molecule has 4 aromatic heterocycles. The minimum absolute atomic E-state index is 0.580. The van der Waals surface area contributed by atoms with Crippen molar-refractivity contribution in [1.29, 1.82) is 0 Å². The quantitative estimate of drug-likeness (QED) is 0.381. The smallest absolute Gasteiger partial charge is 0.192 e. The predicted octanol–water partition coefficient (Wildman–Crippen LogP) is 4.83. The number of imidazole rings is 1. The molecule has 5 aromatic rings. The average Bonchev–Trinajstić information content (AvgIpc) is 3.48. The molecule has 6 nitrogen and oxygen atoms in total. The Balaban J connectivity index is 1.45. The van der Waals surface area contributed by atoms with E-state index in [1.54, 1.807) is 18.0 Å². The van der Waals surface area contributed by atoms with Gasteiger partial charge in [0.15, 0.2) is 11.0 Å². The summed E-state index contributed by atoms with van der Waals surface area (Å²) in [6.45, 7) is 2.65. The van der Waals surface area contributed by atoms with Crippen LogP contribution in [0.3, 0.4) is 0 Å². The van der Waals surface area contributed by atoms with Crippen LogP contribution < -0.4 is 0 Å². The molecule has 0 unspecified atom stereocenters. The van der Waals surface area contributed by atoms with Crippen molar-refractivity contribution in [3.8, 4) is 11.4 Å². The molecule has 7 heteroatoms. The van der Waals surface area contributed by atoms with E-state index in [-0.39, 0.29) is 0 Å². The number of pyridine rings is 1. The Bertz CT molecular complexity index is 1240. The molecule has 0 N–H and O–H groups in total. The molecule has 0 aliphatic rings. The van der Waals surface area contributed by atoms with Crippen LogP contribution in [0.2, 0.25) is 0 Å². The molecule has 0 radical (unpaired) electrons. The maximum Gasteiger partial charge on any atom is 0.192 e. The number of hydrogen-bond acceptors (Lipinski definition) is 5. The molecule has 0 aliphatic heterocycles. The molecular formula is C22H19N5OS. The van der Waals surface area contributed by atoms with E-state index in [9.17, 15) is 0 Å². The fourth-order valence-corrected chi connectivity index (χ4v) is 4.13. The molecule has 29 heavy (non-hydrogen) atoms. The number of aromatic nitrogens is 5. The monoisotopic (exact) mass is 401 g/mol. The molecule has 0 bridgehead atoms. The highest BCUT2D eigenvalue weighted by Gasteiger charge is 2.16. The van der Waals surface area contributed by atoms with Crippen molar-refractivity contribution in [2.24, 2.45) is 0 Å². The summed E-state index contributed by atoms with van der Waals surface area (Å²) in [5, 5.41) is 9.76. The number of hydrogen-bond donors (Lipinski definition) is 0. The van der Waals surface area contributed by atoms with Gasteiger partial charge in [-0.2, -0.15) is 0 Å². The molecule has 0 fully saturated rings. The Labute approximate surface area is 172 Å². The van der Waals surface area contributed by atoms with Crippen LogP contribution in [-0.4, -0.2) is 24.1 Å². The van der Waals surface area contributed by atoms with Gasteiger partial charge < -0.3 is 8.82 Å². The van der Waals surface area contributed by atoms with Crippen molar-refractivity contribution in [3.63, 3.8) is 0 Å². The highest BCUT2D eigenvalue weighted by atomic mass is 32.2. The van der Waals surface area contributed by atoms with Crippen LogP contribution >= 0.6 is 11.8 Å². The highest BCUT2D eigenvalue weighted by Crippen LogP contribution is 2.27. The van der Waals surface area contributed by atoms with Gasteiger partial charge in [-0.05, 0) is 30.7 Å². The van der Waals surface area contributed by atoms with E-state index >= 15 is 0 Å². The zero-order valence-electron chi connectivity index (χ0n) is 15.9. The summed E-state index contributed by atoms with van der Waals surface area (Å²) in [4.78, 5) is 4.76. The van der Waals surface area contributed by atoms with Crippen molar-refractivity contribution >= 4 is 17.4 Å². The highest BCUT2D eigenvalue weighted by molar-refractivity contribution is 7.98. The molecule has 0 saturated carbocycles. The molecule has 0 atom stereocenters. The van der Waals surface area contributed by atoms with E-state index in [0.717, 1.165) is 39.2 Å². The van der Waals surface area contributed by atoms with Gasteiger partial charge in [-0.3, -0.25) is 4.57 Å². The summed E-state index contributed by atoms with van der Waals surface area (Å²) < 4.78 is 9.73. The van der Waals surface area contributed by atoms with Gasteiger partial charge >= 0.3 is 0 Å². The largest absolute Gasteiger partial charge is 0.467 e. The van der Waals surface area contributed by atoms with Crippen LogP contribution in [0.5, 0.6) is 0 Å². The minimum atomic E-state index is 0.580. The van der Waals surface area contributed by atoms with Crippen LogP contribution in [0.15, 0.2) is 82.8 Å². The first-order valence-electron chi connectivity index (χ1n) is 9.35. The third-order valence-electron chi connectivity index (χ3n) is 4.72. The topological polar surface area (TPSA) is 61.2 Å². The summed E-state index contributed by atoms with van der Waals surface area (Å²) in [6.07, 6.45) is 5.78. The van der Waals surface area contributed by atoms with Gasteiger partial charge in [0.2, 0.25) is 0 Å². The second-order valence-electron chi connectivity index (χ2n) is 6.78. The van der Waals surface area contributed by atoms with Gasteiger partial charge in [-0.15, -0.1) is 10.2 Å². The Hall–Kier alpha value is -3.32. The molecule has 5 rings (SSSR count). The van der Waals surface area contributed by atoms with Gasteiger partial charge in [-0.1, -0.05) is 48.2 Å². The predicted molar refractivity (Wildman–Crippen MR) is 113 cm³/mol. The lowest BCUT2D eigenvalue weighted by molar-refractivity contribution is 0.485. The average molecular weight is 401 g/mol. The number of aryl methyl sites for hydroxylation is 1. The Kier molecular flexibility index (Phi) is 4.65. The first-order valence-corrected chi connectivity index (χ1v) is 10.3. The van der Waals surface area contributed by atoms with Crippen LogP contribution in [-0.2, 0) is 12.3 Å². The van der Waals surface area contributed by atoms with Crippen LogP contribution in [0.25, 0.3) is 17.0 Å². The normalized spacial score (nSPS) is 11.3. The standard InChI is InChI=1S/C22H19N5OS/c1-16-7-5-11-26-13-18(23-20(16)26)15-29-22-25-24-21(17-8-3-2-4-9-17)27(22)14-19-10-6-12-28-19/h2-13H,14-15H2,1H3. The number of fused-ring (bicyclic) bond motifs is 1. The van der Waals surface area contributed by atoms with Gasteiger partial charge in [0.25, 0.3) is 0 Å².